The zero-order valence-corrected chi connectivity index (χ0v) is 10.7. The van der Waals surface area contributed by atoms with Crippen molar-refractivity contribution in [3.8, 4) is 5.75 Å². The highest BCUT2D eigenvalue weighted by Gasteiger charge is 2.13. The van der Waals surface area contributed by atoms with E-state index in [1.165, 1.54) is 13.3 Å². The average molecular weight is 259 g/mol. The molecule has 0 amide bonds. The van der Waals surface area contributed by atoms with Gasteiger partial charge in [-0.1, -0.05) is 0 Å². The summed E-state index contributed by atoms with van der Waals surface area (Å²) in [5.41, 5.74) is 1.14. The molecule has 0 N–H and O–H groups in total. The normalized spacial score (nSPS) is 10.2. The number of hydrogen-bond acceptors (Lipinski definition) is 5. The predicted octanol–water partition coefficient (Wildman–Crippen LogP) is 1.99. The van der Waals surface area contributed by atoms with Gasteiger partial charge in [0, 0.05) is 17.1 Å². The molecule has 0 radical (unpaired) electrons. The van der Waals surface area contributed by atoms with Crippen LogP contribution in [-0.2, 0) is 9.53 Å². The molecule has 0 unspecified atom stereocenters. The van der Waals surface area contributed by atoms with Gasteiger partial charge in [-0.15, -0.1) is 0 Å². The summed E-state index contributed by atoms with van der Waals surface area (Å²) in [6.45, 7) is 0. The van der Waals surface area contributed by atoms with Gasteiger partial charge in [-0.3, -0.25) is 14.6 Å². The average Bonchev–Trinajstić information content (AvgIpc) is 2.45. The second-order valence-electron chi connectivity index (χ2n) is 3.96. The number of benzene rings is 1. The lowest BCUT2D eigenvalue weighted by Crippen LogP contribution is -2.09. The summed E-state index contributed by atoms with van der Waals surface area (Å²) in [7, 11) is 2.82. The van der Waals surface area contributed by atoms with Crippen LogP contribution in [0.5, 0.6) is 5.75 Å². The summed E-state index contributed by atoms with van der Waals surface area (Å²) in [5, 5.41) is 0.787. The van der Waals surface area contributed by atoms with Crippen molar-refractivity contribution in [2.45, 2.75) is 6.42 Å². The number of hydrogen-bond donors (Lipinski definition) is 0. The molecular formula is C14H13NO4. The summed E-state index contributed by atoms with van der Waals surface area (Å²) in [4.78, 5) is 27.1. The molecule has 0 bridgehead atoms. The van der Waals surface area contributed by atoms with E-state index in [1.807, 2.05) is 6.07 Å². The number of aromatic nitrogens is 1. The minimum absolute atomic E-state index is 0.284. The number of esters is 1. The van der Waals surface area contributed by atoms with E-state index < -0.39 is 5.97 Å². The summed E-state index contributed by atoms with van der Waals surface area (Å²) >= 11 is 0. The number of Topliss-reactive ketones (excluding diaryl/α,β-unsaturated/α-hetero) is 1. The van der Waals surface area contributed by atoms with Crippen LogP contribution in [0.2, 0.25) is 0 Å². The van der Waals surface area contributed by atoms with E-state index in [4.69, 9.17) is 4.74 Å². The van der Waals surface area contributed by atoms with Crippen molar-refractivity contribution >= 4 is 22.7 Å². The van der Waals surface area contributed by atoms with Gasteiger partial charge in [0.25, 0.3) is 0 Å². The van der Waals surface area contributed by atoms with Crippen molar-refractivity contribution in [1.29, 1.82) is 0 Å². The fraction of sp³-hybridized carbons (Fsp3) is 0.214. The van der Waals surface area contributed by atoms with Gasteiger partial charge in [0.05, 0.1) is 19.7 Å². The number of methoxy groups -OCH3 is 2. The van der Waals surface area contributed by atoms with E-state index in [0.29, 0.717) is 11.3 Å². The molecule has 19 heavy (non-hydrogen) atoms. The van der Waals surface area contributed by atoms with Gasteiger partial charge in [-0.2, -0.15) is 0 Å². The Morgan fingerprint density at radius 3 is 2.68 bits per heavy atom. The van der Waals surface area contributed by atoms with Crippen LogP contribution in [0.25, 0.3) is 10.9 Å². The Kier molecular flexibility index (Phi) is 3.75. The monoisotopic (exact) mass is 259 g/mol. The fourth-order valence-electron chi connectivity index (χ4n) is 1.69. The van der Waals surface area contributed by atoms with Gasteiger partial charge in [-0.05, 0) is 24.3 Å². The molecule has 98 valence electrons. The van der Waals surface area contributed by atoms with Crippen LogP contribution in [0.15, 0.2) is 30.5 Å². The zero-order valence-electron chi connectivity index (χ0n) is 10.7. The second-order valence-corrected chi connectivity index (χ2v) is 3.96. The molecule has 0 atom stereocenters. The van der Waals surface area contributed by atoms with Crippen LogP contribution in [0.4, 0.5) is 0 Å². The molecule has 0 saturated carbocycles. The highest BCUT2D eigenvalue weighted by molar-refractivity contribution is 6.07. The van der Waals surface area contributed by atoms with Gasteiger partial charge in [-0.25, -0.2) is 0 Å². The van der Waals surface area contributed by atoms with Gasteiger partial charge >= 0.3 is 5.97 Å². The maximum Gasteiger partial charge on any atom is 0.313 e. The number of nitrogens with zero attached hydrogens (tertiary/aromatic N) is 1. The standard InChI is InChI=1S/C14H13NO4/c1-18-11-3-4-12-9(6-11)5-10(8-15-12)13(16)7-14(17)19-2/h3-6,8H,7H2,1-2H3. The zero-order chi connectivity index (χ0) is 13.8. The Labute approximate surface area is 110 Å². The maximum absolute atomic E-state index is 11.8. The van der Waals surface area contributed by atoms with Crippen LogP contribution in [-0.4, -0.2) is 31.0 Å². The molecule has 5 nitrogen and oxygen atoms in total. The molecule has 1 aromatic carbocycles. The van der Waals surface area contributed by atoms with E-state index in [9.17, 15) is 9.59 Å². The van der Waals surface area contributed by atoms with E-state index in [0.717, 1.165) is 10.9 Å². The van der Waals surface area contributed by atoms with Crippen molar-refractivity contribution < 1.29 is 19.1 Å². The molecule has 1 heterocycles. The maximum atomic E-state index is 11.8. The van der Waals surface area contributed by atoms with Crippen molar-refractivity contribution in [3.63, 3.8) is 0 Å². The molecular weight excluding hydrogens is 246 g/mol. The first-order chi connectivity index (χ1) is 9.13. The first-order valence-corrected chi connectivity index (χ1v) is 5.68. The third-order valence-electron chi connectivity index (χ3n) is 2.74. The predicted molar refractivity (Wildman–Crippen MR) is 69.3 cm³/mol. The number of carbonyl (C=O) groups is 2. The Morgan fingerprint density at radius 1 is 1.21 bits per heavy atom. The Balaban J connectivity index is 2.34. The lowest BCUT2D eigenvalue weighted by Gasteiger charge is -2.04. The van der Waals surface area contributed by atoms with Gasteiger partial charge in [0.2, 0.25) is 0 Å². The molecule has 0 aliphatic heterocycles. The number of ketones is 1. The van der Waals surface area contributed by atoms with E-state index >= 15 is 0 Å². The number of carbonyl (C=O) groups excluding carboxylic acids is 2. The number of rotatable bonds is 4. The first-order valence-electron chi connectivity index (χ1n) is 5.68. The Hall–Kier alpha value is -2.43. The van der Waals surface area contributed by atoms with Gasteiger partial charge in [0.1, 0.15) is 12.2 Å². The number of pyridine rings is 1. The Morgan fingerprint density at radius 2 is 2.00 bits per heavy atom. The lowest BCUT2D eigenvalue weighted by atomic mass is 10.1. The molecule has 0 saturated heterocycles. The lowest BCUT2D eigenvalue weighted by molar-refractivity contribution is -0.139. The molecule has 2 aromatic rings. The van der Waals surface area contributed by atoms with Crippen molar-refractivity contribution in [2.75, 3.05) is 14.2 Å². The molecule has 5 heteroatoms. The molecule has 0 fully saturated rings. The SMILES string of the molecule is COC(=O)CC(=O)c1cnc2ccc(OC)cc2c1. The quantitative estimate of drug-likeness (QED) is 0.477. The Bertz CT molecular complexity index is 636. The van der Waals surface area contributed by atoms with E-state index in [-0.39, 0.29) is 12.2 Å². The van der Waals surface area contributed by atoms with Crippen molar-refractivity contribution in [2.24, 2.45) is 0 Å². The molecule has 1 aromatic heterocycles. The molecule has 0 aliphatic rings. The fourth-order valence-corrected chi connectivity index (χ4v) is 1.69. The van der Waals surface area contributed by atoms with Crippen molar-refractivity contribution in [3.05, 3.63) is 36.0 Å². The van der Waals surface area contributed by atoms with Crippen molar-refractivity contribution in [1.82, 2.24) is 4.98 Å². The molecule has 2 rings (SSSR count). The summed E-state index contributed by atoms with van der Waals surface area (Å²) in [6, 6.07) is 7.08. The second kappa shape index (κ2) is 5.48. The van der Waals surface area contributed by atoms with Gasteiger partial charge < -0.3 is 9.47 Å². The highest BCUT2D eigenvalue weighted by Crippen LogP contribution is 2.20. The minimum Gasteiger partial charge on any atom is -0.497 e. The van der Waals surface area contributed by atoms with E-state index in [2.05, 4.69) is 9.72 Å². The van der Waals surface area contributed by atoms with Crippen LogP contribution >= 0.6 is 0 Å². The number of ether oxygens (including phenoxy) is 2. The van der Waals surface area contributed by atoms with Crippen LogP contribution in [0, 0.1) is 0 Å². The van der Waals surface area contributed by atoms with Gasteiger partial charge in [0.15, 0.2) is 5.78 Å². The minimum atomic E-state index is -0.560. The van der Waals surface area contributed by atoms with Crippen LogP contribution in [0.1, 0.15) is 16.8 Å². The summed E-state index contributed by atoms with van der Waals surface area (Å²) in [6.07, 6.45) is 1.17. The highest BCUT2D eigenvalue weighted by atomic mass is 16.5. The topological polar surface area (TPSA) is 65.5 Å². The molecule has 0 spiro atoms. The third kappa shape index (κ3) is 2.88. The largest absolute Gasteiger partial charge is 0.497 e. The summed E-state index contributed by atoms with van der Waals surface area (Å²) in [5.74, 6) is -0.188. The van der Waals surface area contributed by atoms with E-state index in [1.54, 1.807) is 25.3 Å². The third-order valence-corrected chi connectivity index (χ3v) is 2.74. The summed E-state index contributed by atoms with van der Waals surface area (Å²) < 4.78 is 9.58. The van der Waals surface area contributed by atoms with Crippen LogP contribution < -0.4 is 4.74 Å². The smallest absolute Gasteiger partial charge is 0.313 e. The molecule has 0 aliphatic carbocycles. The number of fused-ring (bicyclic) bond motifs is 1. The first kappa shape index (κ1) is 13.0. The van der Waals surface area contributed by atoms with Crippen LogP contribution in [0.3, 0.4) is 0 Å².